The zero-order chi connectivity index (χ0) is 4.50. The van der Waals surface area contributed by atoms with Crippen LogP contribution in [0.5, 0.6) is 0 Å². The molecule has 0 amide bonds. The molecule has 0 saturated heterocycles. The number of rotatable bonds is 0. The van der Waals surface area contributed by atoms with Crippen LogP contribution in [0.4, 0.5) is 0 Å². The fourth-order valence-electron chi connectivity index (χ4n) is 0. The molecule has 0 aromatic heterocycles. The zero-order valence-electron chi connectivity index (χ0n) is 3.84. The van der Waals surface area contributed by atoms with Crippen molar-refractivity contribution in [2.24, 2.45) is 0 Å². The molecule has 0 fully saturated rings. The topological polar surface area (TPSA) is 149 Å². The van der Waals surface area contributed by atoms with Gasteiger partial charge in [0.15, 0.2) is 0 Å². The second-order valence-electron chi connectivity index (χ2n) is 0.447. The Labute approximate surface area is 69.1 Å². The van der Waals surface area contributed by atoms with Gasteiger partial charge in [0.05, 0.1) is 0 Å². The molecule has 9 heteroatoms. The summed E-state index contributed by atoms with van der Waals surface area (Å²) < 4.78 is 8.55. The van der Waals surface area contributed by atoms with E-state index in [-0.39, 0.29) is 41.5 Å². The van der Waals surface area contributed by atoms with Crippen LogP contribution in [0.2, 0.25) is 0 Å². The van der Waals surface area contributed by atoms with Crippen LogP contribution >= 0.6 is 21.3 Å². The molecule has 9 heavy (non-hydrogen) atoms. The summed E-state index contributed by atoms with van der Waals surface area (Å²) in [5.41, 5.74) is 0. The summed E-state index contributed by atoms with van der Waals surface area (Å²) in [4.78, 5) is 25.6. The van der Waals surface area contributed by atoms with Gasteiger partial charge in [-0.05, 0) is 0 Å². The minimum Gasteiger partial charge on any atom is -0.822 e. The fraction of sp³-hybridized carbons (Fsp3) is 0. The standard InChI is InChI=1S/Fe.H3O4P.2H2O.S/c;1-5(2,3)4;;;/h;(H3,1,2,3,4);2*1H2;/q+3;;;;/p-3. The van der Waals surface area contributed by atoms with Gasteiger partial charge < -0.3 is 30.2 Å². The van der Waals surface area contributed by atoms with Gasteiger partial charge in [-0.2, -0.15) is 7.82 Å². The van der Waals surface area contributed by atoms with Crippen LogP contribution in [-0.4, -0.2) is 11.0 Å². The molecular formula is H4FeO6PS. The number of hydrogen-bond acceptors (Lipinski definition) is 4. The Hall–Kier alpha value is 0.899. The molecule has 0 aliphatic carbocycles. The molecule has 0 aliphatic heterocycles. The van der Waals surface area contributed by atoms with Gasteiger partial charge in [-0.3, -0.25) is 0 Å². The minimum absolute atomic E-state index is 0. The first kappa shape index (κ1) is 32.7. The molecule has 0 atom stereocenters. The van der Waals surface area contributed by atoms with Gasteiger partial charge in [-0.1, -0.05) is 0 Å². The molecule has 3 radical (unpaired) electrons. The van der Waals surface area contributed by atoms with Gasteiger partial charge in [0.2, 0.25) is 0 Å². The second-order valence-corrected chi connectivity index (χ2v) is 1.34. The summed E-state index contributed by atoms with van der Waals surface area (Å²) in [6.07, 6.45) is 0. The summed E-state index contributed by atoms with van der Waals surface area (Å²) in [5.74, 6) is 0. The SMILES string of the molecule is O.O.O=P([O-])([O-])[O-].[Fe+3].[S]. The molecule has 0 aromatic rings. The molecule has 6 nitrogen and oxygen atoms in total. The van der Waals surface area contributed by atoms with E-state index in [1.54, 1.807) is 0 Å². The molecule has 0 bridgehead atoms. The van der Waals surface area contributed by atoms with Gasteiger partial charge in [0, 0.05) is 13.5 Å². The summed E-state index contributed by atoms with van der Waals surface area (Å²) in [5, 5.41) is 0. The van der Waals surface area contributed by atoms with E-state index in [0.29, 0.717) is 0 Å². The molecule has 0 aromatic carbocycles. The zero-order valence-corrected chi connectivity index (χ0v) is 6.66. The molecule has 0 saturated carbocycles. The normalized spacial score (nSPS) is 6.56. The van der Waals surface area contributed by atoms with E-state index in [0.717, 1.165) is 0 Å². The average molecular weight is 219 g/mol. The van der Waals surface area contributed by atoms with E-state index in [9.17, 15) is 0 Å². The first-order chi connectivity index (χ1) is 2.00. The predicted molar refractivity (Wildman–Crippen MR) is 22.4 cm³/mol. The van der Waals surface area contributed by atoms with Crippen molar-refractivity contribution in [2.45, 2.75) is 0 Å². The smallest absolute Gasteiger partial charge is 0.822 e. The van der Waals surface area contributed by atoms with Crippen molar-refractivity contribution in [3.8, 4) is 0 Å². The molecule has 0 spiro atoms. The molecule has 0 heterocycles. The van der Waals surface area contributed by atoms with E-state index >= 15 is 0 Å². The van der Waals surface area contributed by atoms with Crippen molar-refractivity contribution in [1.29, 1.82) is 0 Å². The van der Waals surface area contributed by atoms with Crippen molar-refractivity contribution in [3.63, 3.8) is 0 Å². The summed E-state index contributed by atoms with van der Waals surface area (Å²) in [6, 6.07) is 0. The molecule has 0 rings (SSSR count). The molecule has 59 valence electrons. The van der Waals surface area contributed by atoms with Crippen LogP contribution in [0.25, 0.3) is 0 Å². The van der Waals surface area contributed by atoms with Gasteiger partial charge in [0.1, 0.15) is 0 Å². The quantitative estimate of drug-likeness (QED) is 0.302. The van der Waals surface area contributed by atoms with Crippen LogP contribution in [0.15, 0.2) is 0 Å². The fourth-order valence-corrected chi connectivity index (χ4v) is 0. The van der Waals surface area contributed by atoms with Crippen LogP contribution in [0.1, 0.15) is 0 Å². The predicted octanol–water partition coefficient (Wildman–Crippen LogP) is -3.83. The Morgan fingerprint density at radius 3 is 1.00 bits per heavy atom. The maximum absolute atomic E-state index is 8.55. The Morgan fingerprint density at radius 2 is 1.00 bits per heavy atom. The van der Waals surface area contributed by atoms with Gasteiger partial charge >= 0.3 is 17.1 Å². The Kier molecular flexibility index (Phi) is 42.3. The summed E-state index contributed by atoms with van der Waals surface area (Å²) in [6.45, 7) is 0. The maximum atomic E-state index is 8.55. The van der Waals surface area contributed by atoms with E-state index in [1.165, 1.54) is 0 Å². The van der Waals surface area contributed by atoms with E-state index in [4.69, 9.17) is 19.2 Å². The van der Waals surface area contributed by atoms with Crippen molar-refractivity contribution in [2.75, 3.05) is 0 Å². The second kappa shape index (κ2) is 11.7. The van der Waals surface area contributed by atoms with Crippen LogP contribution < -0.4 is 14.7 Å². The molecule has 0 aliphatic rings. The Balaban J connectivity index is -0.0000000133. The summed E-state index contributed by atoms with van der Waals surface area (Å²) in [7, 11) is -5.39. The van der Waals surface area contributed by atoms with Gasteiger partial charge in [-0.25, -0.2) is 0 Å². The molecular weight excluding hydrogens is 215 g/mol. The van der Waals surface area contributed by atoms with Crippen LogP contribution in [0, 0.1) is 0 Å². The maximum Gasteiger partial charge on any atom is 3.00 e. The number of hydrogen-bond donors (Lipinski definition) is 0. The summed E-state index contributed by atoms with van der Waals surface area (Å²) >= 11 is 0. The Morgan fingerprint density at radius 1 is 1.00 bits per heavy atom. The van der Waals surface area contributed by atoms with Gasteiger partial charge in [-0.15, -0.1) is 0 Å². The monoisotopic (exact) mass is 219 g/mol. The van der Waals surface area contributed by atoms with E-state index in [2.05, 4.69) is 0 Å². The van der Waals surface area contributed by atoms with Crippen LogP contribution in [0.3, 0.4) is 0 Å². The van der Waals surface area contributed by atoms with Crippen molar-refractivity contribution in [3.05, 3.63) is 0 Å². The van der Waals surface area contributed by atoms with Crippen LogP contribution in [-0.2, 0) is 21.6 Å². The Bertz CT molecular complexity index is 59.2. The van der Waals surface area contributed by atoms with Gasteiger partial charge in [0.25, 0.3) is 0 Å². The largest absolute Gasteiger partial charge is 3.00 e. The van der Waals surface area contributed by atoms with E-state index in [1.807, 2.05) is 0 Å². The third kappa shape index (κ3) is 524. The van der Waals surface area contributed by atoms with Crippen molar-refractivity contribution in [1.82, 2.24) is 0 Å². The minimum atomic E-state index is -5.39. The first-order valence-electron chi connectivity index (χ1n) is 0.730. The van der Waals surface area contributed by atoms with Crippen molar-refractivity contribution >= 4 is 21.3 Å². The first-order valence-corrected chi connectivity index (χ1v) is 2.19. The average Bonchev–Trinajstić information content (AvgIpc) is 0.722. The van der Waals surface area contributed by atoms with E-state index < -0.39 is 7.82 Å². The molecule has 0 unspecified atom stereocenters. The number of phosphoric acid groups is 1. The van der Waals surface area contributed by atoms with Crippen molar-refractivity contribution < 1.29 is 47.3 Å². The third-order valence-electron chi connectivity index (χ3n) is 0. The molecule has 4 N–H and O–H groups in total. The third-order valence-corrected chi connectivity index (χ3v) is 0.